The van der Waals surface area contributed by atoms with E-state index in [0.717, 1.165) is 41.8 Å². The molecule has 0 aliphatic carbocycles. The van der Waals surface area contributed by atoms with E-state index in [9.17, 15) is 4.79 Å². The predicted molar refractivity (Wildman–Crippen MR) is 134 cm³/mol. The van der Waals surface area contributed by atoms with Gasteiger partial charge in [-0.15, -0.1) is 10.2 Å². The molecular formula is C25H31N5O3S. The van der Waals surface area contributed by atoms with Crippen molar-refractivity contribution in [1.82, 2.24) is 19.7 Å². The standard InChI is InChI=1S/C25H31N5O3S/c1-18(29-15-5-4-6-16-29)24-27-28-25(30(24)20-9-13-22(33-3)14-10-20)34-17-23(31)26-19-7-11-21(32-2)12-8-19/h7-14,18H,4-6,15-17H2,1-3H3,(H,26,31)/t18-/m0/s1. The summed E-state index contributed by atoms with van der Waals surface area (Å²) in [6, 6.07) is 15.2. The molecule has 1 fully saturated rings. The first-order valence-electron chi connectivity index (χ1n) is 11.5. The molecule has 1 N–H and O–H groups in total. The summed E-state index contributed by atoms with van der Waals surface area (Å²) in [6.07, 6.45) is 3.68. The minimum atomic E-state index is -0.106. The van der Waals surface area contributed by atoms with E-state index in [0.29, 0.717) is 5.16 Å². The molecule has 1 aliphatic heterocycles. The molecule has 0 spiro atoms. The minimum Gasteiger partial charge on any atom is -0.497 e. The number of piperidine rings is 1. The SMILES string of the molecule is COc1ccc(NC(=O)CSc2nnc([C@H](C)N3CCCCC3)n2-c2ccc(OC)cc2)cc1. The van der Waals surface area contributed by atoms with Crippen molar-refractivity contribution in [2.24, 2.45) is 0 Å². The second kappa shape index (κ2) is 11.4. The highest BCUT2D eigenvalue weighted by Crippen LogP contribution is 2.30. The summed E-state index contributed by atoms with van der Waals surface area (Å²) in [5.74, 6) is 2.53. The molecule has 1 aliphatic rings. The van der Waals surface area contributed by atoms with Crippen LogP contribution in [0, 0.1) is 0 Å². The fourth-order valence-electron chi connectivity index (χ4n) is 4.09. The maximum absolute atomic E-state index is 12.6. The molecular weight excluding hydrogens is 450 g/mol. The molecule has 0 saturated carbocycles. The largest absolute Gasteiger partial charge is 0.497 e. The number of ether oxygens (including phenoxy) is 2. The lowest BCUT2D eigenvalue weighted by Gasteiger charge is -2.31. The molecule has 2 aromatic carbocycles. The summed E-state index contributed by atoms with van der Waals surface area (Å²) in [4.78, 5) is 15.1. The van der Waals surface area contributed by atoms with Gasteiger partial charge in [-0.1, -0.05) is 18.2 Å². The van der Waals surface area contributed by atoms with Gasteiger partial charge in [-0.2, -0.15) is 0 Å². The number of benzene rings is 2. The first-order chi connectivity index (χ1) is 16.6. The van der Waals surface area contributed by atoms with Crippen LogP contribution in [0.4, 0.5) is 5.69 Å². The van der Waals surface area contributed by atoms with Crippen molar-refractivity contribution in [3.63, 3.8) is 0 Å². The summed E-state index contributed by atoms with van der Waals surface area (Å²) in [7, 11) is 3.27. The lowest BCUT2D eigenvalue weighted by molar-refractivity contribution is -0.113. The molecule has 1 aromatic heterocycles. The summed E-state index contributed by atoms with van der Waals surface area (Å²) < 4.78 is 12.6. The van der Waals surface area contributed by atoms with Gasteiger partial charge in [-0.25, -0.2) is 0 Å². The molecule has 34 heavy (non-hydrogen) atoms. The number of nitrogens with zero attached hydrogens (tertiary/aromatic N) is 4. The van der Waals surface area contributed by atoms with Gasteiger partial charge in [0, 0.05) is 11.4 Å². The van der Waals surface area contributed by atoms with E-state index >= 15 is 0 Å². The molecule has 1 amide bonds. The molecule has 4 rings (SSSR count). The van der Waals surface area contributed by atoms with Crippen LogP contribution in [0.5, 0.6) is 11.5 Å². The Morgan fingerprint density at radius 2 is 1.59 bits per heavy atom. The number of methoxy groups -OCH3 is 2. The predicted octanol–water partition coefficient (Wildman–Crippen LogP) is 4.56. The first kappa shape index (κ1) is 24.1. The smallest absolute Gasteiger partial charge is 0.234 e. The van der Waals surface area contributed by atoms with Crippen LogP contribution < -0.4 is 14.8 Å². The highest BCUT2D eigenvalue weighted by molar-refractivity contribution is 7.99. The molecule has 2 heterocycles. The molecule has 0 bridgehead atoms. The zero-order valence-electron chi connectivity index (χ0n) is 19.9. The third kappa shape index (κ3) is 5.71. The number of hydrogen-bond donors (Lipinski definition) is 1. The van der Waals surface area contributed by atoms with Crippen molar-refractivity contribution in [2.75, 3.05) is 38.4 Å². The van der Waals surface area contributed by atoms with E-state index in [1.165, 1.54) is 31.0 Å². The Morgan fingerprint density at radius 1 is 0.971 bits per heavy atom. The molecule has 0 radical (unpaired) electrons. The van der Waals surface area contributed by atoms with Gasteiger partial charge in [-0.05, 0) is 81.4 Å². The van der Waals surface area contributed by atoms with E-state index in [-0.39, 0.29) is 17.7 Å². The zero-order chi connectivity index (χ0) is 23.9. The van der Waals surface area contributed by atoms with E-state index in [1.54, 1.807) is 14.2 Å². The fourth-order valence-corrected chi connectivity index (χ4v) is 4.85. The molecule has 3 aromatic rings. The van der Waals surface area contributed by atoms with Crippen molar-refractivity contribution in [3.8, 4) is 17.2 Å². The van der Waals surface area contributed by atoms with Crippen LogP contribution in [-0.2, 0) is 4.79 Å². The van der Waals surface area contributed by atoms with E-state index in [1.807, 2.05) is 48.5 Å². The lowest BCUT2D eigenvalue weighted by atomic mass is 10.1. The van der Waals surface area contributed by atoms with Gasteiger partial charge in [0.05, 0.1) is 26.0 Å². The number of carbonyl (C=O) groups is 1. The Labute approximate surface area is 204 Å². The summed E-state index contributed by atoms with van der Waals surface area (Å²) in [6.45, 7) is 4.30. The van der Waals surface area contributed by atoms with Gasteiger partial charge in [0.2, 0.25) is 5.91 Å². The Hall–Kier alpha value is -3.04. The van der Waals surface area contributed by atoms with Crippen molar-refractivity contribution >= 4 is 23.4 Å². The number of hydrogen-bond acceptors (Lipinski definition) is 7. The molecule has 1 atom stereocenters. The molecule has 8 nitrogen and oxygen atoms in total. The number of nitrogens with one attached hydrogen (secondary N) is 1. The highest BCUT2D eigenvalue weighted by atomic mass is 32.2. The summed E-state index contributed by atoms with van der Waals surface area (Å²) in [5, 5.41) is 12.6. The van der Waals surface area contributed by atoms with Crippen LogP contribution in [0.1, 0.15) is 38.1 Å². The Balaban J connectivity index is 1.53. The van der Waals surface area contributed by atoms with Crippen LogP contribution in [0.25, 0.3) is 5.69 Å². The number of carbonyl (C=O) groups excluding carboxylic acids is 1. The second-order valence-corrected chi connectivity index (χ2v) is 9.15. The lowest BCUT2D eigenvalue weighted by Crippen LogP contribution is -2.33. The van der Waals surface area contributed by atoms with Gasteiger partial charge < -0.3 is 14.8 Å². The number of thioether (sulfide) groups is 1. The van der Waals surface area contributed by atoms with Gasteiger partial charge in [-0.3, -0.25) is 14.3 Å². The number of anilines is 1. The van der Waals surface area contributed by atoms with Crippen LogP contribution in [0.3, 0.4) is 0 Å². The third-order valence-electron chi connectivity index (χ3n) is 6.01. The highest BCUT2D eigenvalue weighted by Gasteiger charge is 2.26. The van der Waals surface area contributed by atoms with Gasteiger partial charge >= 0.3 is 0 Å². The Morgan fingerprint density at radius 3 is 2.21 bits per heavy atom. The van der Waals surface area contributed by atoms with Crippen LogP contribution in [0.15, 0.2) is 53.7 Å². The average molecular weight is 482 g/mol. The Bertz CT molecular complexity index is 1080. The van der Waals surface area contributed by atoms with E-state index in [2.05, 4.69) is 31.9 Å². The van der Waals surface area contributed by atoms with Gasteiger partial charge in [0.1, 0.15) is 11.5 Å². The van der Waals surface area contributed by atoms with Crippen LogP contribution in [-0.4, -0.2) is 58.6 Å². The topological polar surface area (TPSA) is 81.5 Å². The summed E-state index contributed by atoms with van der Waals surface area (Å²) >= 11 is 1.37. The number of likely N-dealkylation sites (tertiary alicyclic amines) is 1. The normalized spacial score (nSPS) is 15.0. The van der Waals surface area contributed by atoms with Crippen molar-refractivity contribution in [3.05, 3.63) is 54.4 Å². The van der Waals surface area contributed by atoms with Gasteiger partial charge in [0.15, 0.2) is 11.0 Å². The maximum Gasteiger partial charge on any atom is 0.234 e. The first-order valence-corrected chi connectivity index (χ1v) is 12.5. The van der Waals surface area contributed by atoms with Crippen LogP contribution in [0.2, 0.25) is 0 Å². The monoisotopic (exact) mass is 481 g/mol. The molecule has 180 valence electrons. The fraction of sp³-hybridized carbons (Fsp3) is 0.400. The van der Waals surface area contributed by atoms with Crippen LogP contribution >= 0.6 is 11.8 Å². The zero-order valence-corrected chi connectivity index (χ0v) is 20.7. The van der Waals surface area contributed by atoms with Crippen molar-refractivity contribution in [1.29, 1.82) is 0 Å². The maximum atomic E-state index is 12.6. The summed E-state index contributed by atoms with van der Waals surface area (Å²) in [5.41, 5.74) is 1.67. The number of rotatable bonds is 9. The van der Waals surface area contributed by atoms with E-state index in [4.69, 9.17) is 9.47 Å². The molecule has 0 unspecified atom stereocenters. The minimum absolute atomic E-state index is 0.106. The third-order valence-corrected chi connectivity index (χ3v) is 6.94. The molecule has 9 heteroatoms. The molecule has 1 saturated heterocycles. The number of aromatic nitrogens is 3. The number of amides is 1. The average Bonchev–Trinajstić information content (AvgIpc) is 3.32. The Kier molecular flexibility index (Phi) is 8.08. The quantitative estimate of drug-likeness (QED) is 0.449. The van der Waals surface area contributed by atoms with Gasteiger partial charge in [0.25, 0.3) is 0 Å². The van der Waals surface area contributed by atoms with Crippen molar-refractivity contribution in [2.45, 2.75) is 37.4 Å². The second-order valence-electron chi connectivity index (χ2n) is 8.21. The van der Waals surface area contributed by atoms with Crippen molar-refractivity contribution < 1.29 is 14.3 Å². The van der Waals surface area contributed by atoms with E-state index < -0.39 is 0 Å².